The average Bonchev–Trinajstić information content (AvgIpc) is 2.71. The van der Waals surface area contributed by atoms with E-state index >= 15 is 0 Å². The Hall–Kier alpha value is -1.63. The van der Waals surface area contributed by atoms with Gasteiger partial charge in [0, 0.05) is 5.41 Å². The van der Waals surface area contributed by atoms with E-state index in [0.717, 1.165) is 0 Å². The SMILES string of the molecule is CC(C)C[C@@]1(C)[C@]2(C#N)C(N)=NC3(OCCO3)[C@]12C#N. The molecule has 1 aliphatic carbocycles. The van der Waals surface area contributed by atoms with Crippen LogP contribution in [0, 0.1) is 44.8 Å². The first-order valence-corrected chi connectivity index (χ1v) is 6.84. The minimum absolute atomic E-state index is 0.173. The van der Waals surface area contributed by atoms with Gasteiger partial charge in [-0.25, -0.2) is 4.99 Å². The van der Waals surface area contributed by atoms with E-state index in [0.29, 0.717) is 25.6 Å². The van der Waals surface area contributed by atoms with Crippen LogP contribution in [-0.4, -0.2) is 25.0 Å². The fraction of sp³-hybridized carbons (Fsp3) is 0.786. The minimum Gasteiger partial charge on any atom is -0.386 e. The van der Waals surface area contributed by atoms with Crippen LogP contribution in [0.5, 0.6) is 0 Å². The van der Waals surface area contributed by atoms with E-state index in [1.54, 1.807) is 0 Å². The minimum atomic E-state index is -1.40. The van der Waals surface area contributed by atoms with E-state index < -0.39 is 22.2 Å². The van der Waals surface area contributed by atoms with Gasteiger partial charge in [-0.1, -0.05) is 20.8 Å². The van der Waals surface area contributed by atoms with E-state index in [9.17, 15) is 10.5 Å². The Kier molecular flexibility index (Phi) is 2.35. The number of ether oxygens (including phenoxy) is 2. The number of nitrogens with two attached hydrogens (primary N) is 1. The second-order valence-corrected chi connectivity index (χ2v) is 6.43. The zero-order valence-corrected chi connectivity index (χ0v) is 11.9. The van der Waals surface area contributed by atoms with Crippen molar-refractivity contribution in [3.63, 3.8) is 0 Å². The molecule has 106 valence electrons. The van der Waals surface area contributed by atoms with Gasteiger partial charge in [0.25, 0.3) is 5.91 Å². The quantitative estimate of drug-likeness (QED) is 0.813. The molecule has 20 heavy (non-hydrogen) atoms. The molecule has 0 unspecified atom stereocenters. The molecule has 6 heteroatoms. The topological polar surface area (TPSA) is 104 Å². The van der Waals surface area contributed by atoms with E-state index in [-0.39, 0.29) is 5.84 Å². The van der Waals surface area contributed by atoms with Crippen LogP contribution in [0.3, 0.4) is 0 Å². The summed E-state index contributed by atoms with van der Waals surface area (Å²) in [7, 11) is 0. The number of rotatable bonds is 2. The highest BCUT2D eigenvalue weighted by atomic mass is 16.8. The van der Waals surface area contributed by atoms with Crippen LogP contribution >= 0.6 is 0 Å². The third-order valence-corrected chi connectivity index (χ3v) is 5.11. The number of nitrogens with zero attached hydrogens (tertiary/aromatic N) is 3. The molecule has 0 aromatic rings. The molecule has 1 spiro atoms. The summed E-state index contributed by atoms with van der Waals surface area (Å²) in [6.07, 6.45) is 0.693. The van der Waals surface area contributed by atoms with Crippen LogP contribution in [0.25, 0.3) is 0 Å². The van der Waals surface area contributed by atoms with Crippen LogP contribution in [0.4, 0.5) is 0 Å². The highest BCUT2D eigenvalue weighted by molar-refractivity contribution is 6.00. The summed E-state index contributed by atoms with van der Waals surface area (Å²) < 4.78 is 11.3. The molecule has 1 saturated heterocycles. The maximum Gasteiger partial charge on any atom is 0.293 e. The summed E-state index contributed by atoms with van der Waals surface area (Å²) in [5.41, 5.74) is 3.19. The Morgan fingerprint density at radius 3 is 2.35 bits per heavy atom. The summed E-state index contributed by atoms with van der Waals surface area (Å²) in [5.74, 6) is -0.899. The lowest BCUT2D eigenvalue weighted by atomic mass is 9.84. The van der Waals surface area contributed by atoms with Gasteiger partial charge in [0.2, 0.25) is 0 Å². The van der Waals surface area contributed by atoms with Crippen LogP contribution in [-0.2, 0) is 9.47 Å². The van der Waals surface area contributed by atoms with Gasteiger partial charge < -0.3 is 15.2 Å². The lowest BCUT2D eigenvalue weighted by Crippen LogP contribution is -2.41. The molecule has 0 aromatic heterocycles. The van der Waals surface area contributed by atoms with Gasteiger partial charge in [-0.15, -0.1) is 0 Å². The molecule has 2 N–H and O–H groups in total. The predicted octanol–water partition coefficient (Wildman–Crippen LogP) is 1.14. The van der Waals surface area contributed by atoms with Crippen molar-refractivity contribution in [2.24, 2.45) is 32.9 Å². The van der Waals surface area contributed by atoms with Crippen LogP contribution in [0.15, 0.2) is 4.99 Å². The molecule has 6 nitrogen and oxygen atoms in total. The molecule has 3 atom stereocenters. The monoisotopic (exact) mass is 274 g/mol. The lowest BCUT2D eigenvalue weighted by molar-refractivity contribution is -0.192. The third kappa shape index (κ3) is 0.963. The van der Waals surface area contributed by atoms with Gasteiger partial charge in [0.1, 0.15) is 11.3 Å². The van der Waals surface area contributed by atoms with Crippen molar-refractivity contribution >= 4 is 5.84 Å². The first kappa shape index (κ1) is 13.4. The molecular formula is C14H18N4O2. The summed E-state index contributed by atoms with van der Waals surface area (Å²) in [4.78, 5) is 4.24. The number of amidine groups is 1. The second kappa shape index (κ2) is 3.52. The molecule has 3 aliphatic rings. The second-order valence-electron chi connectivity index (χ2n) is 6.43. The lowest BCUT2D eigenvalue weighted by Gasteiger charge is -2.30. The van der Waals surface area contributed by atoms with Gasteiger partial charge in [-0.2, -0.15) is 10.5 Å². The van der Waals surface area contributed by atoms with Crippen molar-refractivity contribution in [1.29, 1.82) is 10.5 Å². The van der Waals surface area contributed by atoms with Crippen LogP contribution in [0.2, 0.25) is 0 Å². The summed E-state index contributed by atoms with van der Waals surface area (Å²) in [6.45, 7) is 6.77. The zero-order valence-electron chi connectivity index (χ0n) is 11.9. The van der Waals surface area contributed by atoms with Gasteiger partial charge in [-0.3, -0.25) is 0 Å². The predicted molar refractivity (Wildman–Crippen MR) is 69.9 cm³/mol. The molecule has 2 aliphatic heterocycles. The normalized spacial score (nSPS) is 44.0. The third-order valence-electron chi connectivity index (χ3n) is 5.11. The molecule has 0 amide bonds. The Labute approximate surface area is 118 Å². The van der Waals surface area contributed by atoms with Crippen molar-refractivity contribution in [3.05, 3.63) is 0 Å². The van der Waals surface area contributed by atoms with E-state index in [1.165, 1.54) is 0 Å². The molecular weight excluding hydrogens is 256 g/mol. The number of nitriles is 2. The standard InChI is InChI=1S/C14H18N4O2/c1-9(2)6-11(3)12(7-15)10(17)18-14(13(11,12)8-16)19-4-5-20-14/h9H,4-6H2,1-3H3,(H2,17,18)/t11-,12-,13+/m0/s1. The first-order valence-electron chi connectivity index (χ1n) is 6.84. The Morgan fingerprint density at radius 2 is 1.90 bits per heavy atom. The van der Waals surface area contributed by atoms with Gasteiger partial charge in [0.15, 0.2) is 5.41 Å². The Bertz CT molecular complexity index is 581. The summed E-state index contributed by atoms with van der Waals surface area (Å²) in [6, 6.07) is 4.56. The number of aliphatic imine (C=N–C) groups is 1. The van der Waals surface area contributed by atoms with E-state index in [2.05, 4.69) is 31.0 Å². The molecule has 0 radical (unpaired) electrons. The van der Waals surface area contributed by atoms with Crippen molar-refractivity contribution < 1.29 is 9.47 Å². The highest BCUT2D eigenvalue weighted by Crippen LogP contribution is 2.87. The molecule has 0 bridgehead atoms. The Morgan fingerprint density at radius 1 is 1.30 bits per heavy atom. The fourth-order valence-corrected chi connectivity index (χ4v) is 4.52. The smallest absolute Gasteiger partial charge is 0.293 e. The van der Waals surface area contributed by atoms with E-state index in [1.807, 2.05) is 6.92 Å². The van der Waals surface area contributed by atoms with Gasteiger partial charge in [-0.05, 0) is 12.3 Å². The van der Waals surface area contributed by atoms with E-state index in [4.69, 9.17) is 15.2 Å². The molecule has 0 aromatic carbocycles. The molecule has 2 fully saturated rings. The number of hydrogen-bond donors (Lipinski definition) is 1. The molecule has 3 rings (SSSR count). The first-order chi connectivity index (χ1) is 9.37. The van der Waals surface area contributed by atoms with Crippen molar-refractivity contribution in [2.75, 3.05) is 13.2 Å². The zero-order chi connectivity index (χ0) is 14.8. The average molecular weight is 274 g/mol. The maximum atomic E-state index is 9.87. The highest BCUT2D eigenvalue weighted by Gasteiger charge is 2.99. The fourth-order valence-electron chi connectivity index (χ4n) is 4.52. The van der Waals surface area contributed by atoms with Gasteiger partial charge in [0.05, 0.1) is 25.4 Å². The number of hydrogen-bond acceptors (Lipinski definition) is 6. The number of fused-ring (bicyclic) bond motifs is 2. The largest absolute Gasteiger partial charge is 0.386 e. The van der Waals surface area contributed by atoms with Gasteiger partial charge >= 0.3 is 0 Å². The maximum absolute atomic E-state index is 9.87. The van der Waals surface area contributed by atoms with Crippen molar-refractivity contribution in [1.82, 2.24) is 0 Å². The van der Waals surface area contributed by atoms with Crippen molar-refractivity contribution in [2.45, 2.75) is 33.1 Å². The summed E-state index contributed by atoms with van der Waals surface area (Å²) >= 11 is 0. The van der Waals surface area contributed by atoms with Crippen LogP contribution in [0.1, 0.15) is 27.2 Å². The van der Waals surface area contributed by atoms with Crippen LogP contribution < -0.4 is 5.73 Å². The summed E-state index contributed by atoms with van der Waals surface area (Å²) in [5, 5.41) is 19.6. The molecule has 1 saturated carbocycles. The Balaban J connectivity index is 2.21. The molecule has 2 heterocycles. The van der Waals surface area contributed by atoms with Crippen molar-refractivity contribution in [3.8, 4) is 12.1 Å².